The molecule has 0 bridgehead atoms. The number of anilines is 2. The molecular weight excluding hydrogens is 306 g/mol. The van der Waals surface area contributed by atoms with Crippen molar-refractivity contribution in [2.75, 3.05) is 23.9 Å². The van der Waals surface area contributed by atoms with Crippen LogP contribution < -0.4 is 15.0 Å². The molecule has 0 fully saturated rings. The van der Waals surface area contributed by atoms with Gasteiger partial charge >= 0.3 is 0 Å². The van der Waals surface area contributed by atoms with E-state index >= 15 is 0 Å². The number of hydrogen-bond donors (Lipinski definition) is 1. The van der Waals surface area contributed by atoms with Crippen LogP contribution in [-0.4, -0.2) is 30.5 Å². The Hall–Kier alpha value is -2.60. The van der Waals surface area contributed by atoms with Gasteiger partial charge < -0.3 is 10.1 Å². The monoisotopic (exact) mass is 317 g/mol. The average Bonchev–Trinajstić information content (AvgIpc) is 2.53. The number of pyridine rings is 1. The summed E-state index contributed by atoms with van der Waals surface area (Å²) in [6, 6.07) is 8.19. The lowest BCUT2D eigenvalue weighted by Crippen LogP contribution is -2.42. The average molecular weight is 318 g/mol. The highest BCUT2D eigenvalue weighted by Gasteiger charge is 2.29. The summed E-state index contributed by atoms with van der Waals surface area (Å²) in [4.78, 5) is 30.0. The second-order valence-electron chi connectivity index (χ2n) is 4.66. The van der Waals surface area contributed by atoms with Crippen molar-refractivity contribution < 1.29 is 14.3 Å². The van der Waals surface area contributed by atoms with Crippen LogP contribution in [-0.2, 0) is 4.79 Å². The molecule has 0 aliphatic carbocycles. The van der Waals surface area contributed by atoms with E-state index in [1.54, 1.807) is 30.5 Å². The number of amides is 2. The predicted molar refractivity (Wildman–Crippen MR) is 82.5 cm³/mol. The van der Waals surface area contributed by atoms with Crippen molar-refractivity contribution in [3.8, 4) is 5.75 Å². The Labute approximate surface area is 131 Å². The number of aromatic nitrogens is 1. The first-order valence-electron chi connectivity index (χ1n) is 6.50. The molecule has 2 aromatic rings. The fraction of sp³-hybridized carbons (Fsp3) is 0.133. The van der Waals surface area contributed by atoms with Gasteiger partial charge in [0, 0.05) is 11.2 Å². The van der Waals surface area contributed by atoms with Crippen molar-refractivity contribution in [1.29, 1.82) is 0 Å². The van der Waals surface area contributed by atoms with E-state index in [1.165, 1.54) is 18.1 Å². The summed E-state index contributed by atoms with van der Waals surface area (Å²) < 4.78 is 5.20. The van der Waals surface area contributed by atoms with E-state index in [0.29, 0.717) is 27.8 Å². The molecule has 7 heteroatoms. The number of ether oxygens (including phenoxy) is 1. The van der Waals surface area contributed by atoms with E-state index in [9.17, 15) is 9.59 Å². The lowest BCUT2D eigenvalue weighted by Gasteiger charge is -2.28. The third kappa shape index (κ3) is 2.48. The Morgan fingerprint density at radius 1 is 1.41 bits per heavy atom. The van der Waals surface area contributed by atoms with Crippen molar-refractivity contribution in [3.05, 3.63) is 47.1 Å². The molecule has 112 valence electrons. The summed E-state index contributed by atoms with van der Waals surface area (Å²) in [5.74, 6) is 0.0721. The molecular formula is C15H12ClN3O3. The standard InChI is InChI=1S/C15H12ClN3O3/c1-22-12-5-4-9(16)7-10(12)15(21)19-8-13(20)18-14-11(19)3-2-6-17-14/h2-7H,8H2,1H3,(H,17,18,20). The molecule has 1 aromatic carbocycles. The molecule has 0 saturated heterocycles. The first-order chi connectivity index (χ1) is 10.6. The van der Waals surface area contributed by atoms with Gasteiger partial charge in [-0.2, -0.15) is 0 Å². The summed E-state index contributed by atoms with van der Waals surface area (Å²) in [6.45, 7) is -0.0901. The van der Waals surface area contributed by atoms with Gasteiger partial charge in [0.25, 0.3) is 5.91 Å². The van der Waals surface area contributed by atoms with Crippen LogP contribution in [0.3, 0.4) is 0 Å². The second-order valence-corrected chi connectivity index (χ2v) is 5.09. The molecule has 6 nitrogen and oxygen atoms in total. The molecule has 0 radical (unpaired) electrons. The van der Waals surface area contributed by atoms with Crippen LogP contribution in [0.1, 0.15) is 10.4 Å². The van der Waals surface area contributed by atoms with Gasteiger partial charge in [-0.1, -0.05) is 11.6 Å². The zero-order chi connectivity index (χ0) is 15.7. The lowest BCUT2D eigenvalue weighted by molar-refractivity contribution is -0.115. The minimum absolute atomic E-state index is 0.0901. The highest BCUT2D eigenvalue weighted by Crippen LogP contribution is 2.31. The second kappa shape index (κ2) is 5.65. The van der Waals surface area contributed by atoms with Gasteiger partial charge in [0.2, 0.25) is 5.91 Å². The highest BCUT2D eigenvalue weighted by molar-refractivity contribution is 6.31. The Kier molecular flexibility index (Phi) is 3.68. The summed E-state index contributed by atoms with van der Waals surface area (Å²) in [7, 11) is 1.47. The topological polar surface area (TPSA) is 71.5 Å². The molecule has 3 rings (SSSR count). The van der Waals surface area contributed by atoms with E-state index in [4.69, 9.17) is 16.3 Å². The summed E-state index contributed by atoms with van der Waals surface area (Å²) in [5, 5.41) is 3.05. The number of benzene rings is 1. The van der Waals surface area contributed by atoms with Gasteiger partial charge in [-0.05, 0) is 30.3 Å². The van der Waals surface area contributed by atoms with Crippen LogP contribution in [0.4, 0.5) is 11.5 Å². The fourth-order valence-electron chi connectivity index (χ4n) is 2.29. The zero-order valence-electron chi connectivity index (χ0n) is 11.7. The highest BCUT2D eigenvalue weighted by atomic mass is 35.5. The molecule has 1 aliphatic heterocycles. The Morgan fingerprint density at radius 3 is 3.00 bits per heavy atom. The van der Waals surface area contributed by atoms with Crippen molar-refractivity contribution in [1.82, 2.24) is 4.98 Å². The normalized spacial score (nSPS) is 13.4. The molecule has 1 N–H and O–H groups in total. The minimum Gasteiger partial charge on any atom is -0.496 e. The van der Waals surface area contributed by atoms with Crippen LogP contribution in [0.5, 0.6) is 5.75 Å². The fourth-order valence-corrected chi connectivity index (χ4v) is 2.46. The molecule has 2 amide bonds. The molecule has 0 atom stereocenters. The third-order valence-electron chi connectivity index (χ3n) is 3.27. The van der Waals surface area contributed by atoms with Crippen LogP contribution in [0, 0.1) is 0 Å². The summed E-state index contributed by atoms with van der Waals surface area (Å²) in [6.07, 6.45) is 1.55. The SMILES string of the molecule is COc1ccc(Cl)cc1C(=O)N1CC(=O)Nc2ncccc21. The van der Waals surface area contributed by atoms with Crippen molar-refractivity contribution in [2.24, 2.45) is 0 Å². The van der Waals surface area contributed by atoms with Crippen LogP contribution >= 0.6 is 11.6 Å². The first-order valence-corrected chi connectivity index (χ1v) is 6.88. The maximum atomic E-state index is 12.8. The summed E-state index contributed by atoms with van der Waals surface area (Å²) in [5.41, 5.74) is 0.827. The van der Waals surface area contributed by atoms with Crippen LogP contribution in [0.2, 0.25) is 5.02 Å². The van der Waals surface area contributed by atoms with Crippen LogP contribution in [0.25, 0.3) is 0 Å². The zero-order valence-corrected chi connectivity index (χ0v) is 12.4. The number of methoxy groups -OCH3 is 1. The number of hydrogen-bond acceptors (Lipinski definition) is 4. The number of halogens is 1. The Bertz CT molecular complexity index is 763. The largest absolute Gasteiger partial charge is 0.496 e. The molecule has 0 saturated carbocycles. The van der Waals surface area contributed by atoms with Crippen LogP contribution in [0.15, 0.2) is 36.5 Å². The molecule has 1 aromatic heterocycles. The van der Waals surface area contributed by atoms with E-state index < -0.39 is 0 Å². The number of rotatable bonds is 2. The molecule has 1 aliphatic rings. The van der Waals surface area contributed by atoms with Crippen molar-refractivity contribution in [2.45, 2.75) is 0 Å². The lowest BCUT2D eigenvalue weighted by atomic mass is 10.1. The smallest absolute Gasteiger partial charge is 0.262 e. The quantitative estimate of drug-likeness (QED) is 0.923. The molecule has 22 heavy (non-hydrogen) atoms. The molecule has 0 unspecified atom stereocenters. The number of nitrogens with one attached hydrogen (secondary N) is 1. The van der Waals surface area contributed by atoms with Gasteiger partial charge in [0.05, 0.1) is 18.4 Å². The third-order valence-corrected chi connectivity index (χ3v) is 3.51. The maximum Gasteiger partial charge on any atom is 0.262 e. The van der Waals surface area contributed by atoms with Gasteiger partial charge in [-0.25, -0.2) is 4.98 Å². The Balaban J connectivity index is 2.06. The number of fused-ring (bicyclic) bond motifs is 1. The van der Waals surface area contributed by atoms with Gasteiger partial charge in [0.1, 0.15) is 12.3 Å². The molecule has 0 spiro atoms. The number of carbonyl (C=O) groups is 2. The van der Waals surface area contributed by atoms with Gasteiger partial charge in [0.15, 0.2) is 5.82 Å². The summed E-state index contributed by atoms with van der Waals surface area (Å²) >= 11 is 5.97. The Morgan fingerprint density at radius 2 is 2.23 bits per heavy atom. The first kappa shape index (κ1) is 14.3. The van der Waals surface area contributed by atoms with E-state index in [1.807, 2.05) is 0 Å². The van der Waals surface area contributed by atoms with Crippen molar-refractivity contribution in [3.63, 3.8) is 0 Å². The van der Waals surface area contributed by atoms with E-state index in [0.717, 1.165) is 0 Å². The maximum absolute atomic E-state index is 12.8. The number of nitrogens with zero attached hydrogens (tertiary/aromatic N) is 2. The molecule has 2 heterocycles. The predicted octanol–water partition coefficient (Wildman–Crippen LogP) is 2.34. The number of carbonyl (C=O) groups excluding carboxylic acids is 2. The van der Waals surface area contributed by atoms with Gasteiger partial charge in [-0.3, -0.25) is 14.5 Å². The van der Waals surface area contributed by atoms with E-state index in [-0.39, 0.29) is 18.4 Å². The minimum atomic E-state index is -0.372. The van der Waals surface area contributed by atoms with Gasteiger partial charge in [-0.15, -0.1) is 0 Å². The van der Waals surface area contributed by atoms with Crippen molar-refractivity contribution >= 4 is 34.9 Å². The van der Waals surface area contributed by atoms with E-state index in [2.05, 4.69) is 10.3 Å².